The minimum atomic E-state index is 0.753. The minimum absolute atomic E-state index is 0.753. The Hall–Kier alpha value is 0.270. The molecular weight excluding hydrogens is 156 g/mol. The van der Waals surface area contributed by atoms with E-state index in [0.29, 0.717) is 0 Å². The summed E-state index contributed by atoms with van der Waals surface area (Å²) in [6.45, 7) is 4.70. The molecular formula is C8H18N2S. The van der Waals surface area contributed by atoms with Crippen LogP contribution in [0.3, 0.4) is 0 Å². The summed E-state index contributed by atoms with van der Waals surface area (Å²) >= 11 is 1.49. The van der Waals surface area contributed by atoms with Crippen molar-refractivity contribution in [2.75, 3.05) is 18.8 Å². The monoisotopic (exact) mass is 174 g/mol. The maximum atomic E-state index is 5.47. The van der Waals surface area contributed by atoms with Crippen LogP contribution in [0.25, 0.3) is 0 Å². The molecule has 2 nitrogen and oxygen atoms in total. The highest BCUT2D eigenvalue weighted by molar-refractivity contribution is 7.97. The first-order valence-corrected chi connectivity index (χ1v) is 5.49. The van der Waals surface area contributed by atoms with Gasteiger partial charge < -0.3 is 0 Å². The fourth-order valence-corrected chi connectivity index (χ4v) is 2.38. The first-order valence-electron chi connectivity index (χ1n) is 4.44. The summed E-state index contributed by atoms with van der Waals surface area (Å²) in [6.07, 6.45) is 4.11. The number of hydrogen-bond acceptors (Lipinski definition) is 3. The Labute approximate surface area is 73.6 Å². The van der Waals surface area contributed by atoms with Gasteiger partial charge in [-0.15, -0.1) is 0 Å². The van der Waals surface area contributed by atoms with E-state index >= 15 is 0 Å². The number of likely N-dealkylation sites (tertiary alicyclic amines) is 1. The van der Waals surface area contributed by atoms with Gasteiger partial charge >= 0.3 is 0 Å². The molecule has 0 aliphatic carbocycles. The van der Waals surface area contributed by atoms with Gasteiger partial charge in [-0.05, 0) is 25.9 Å². The van der Waals surface area contributed by atoms with Gasteiger partial charge in [-0.3, -0.25) is 10.0 Å². The lowest BCUT2D eigenvalue weighted by Gasteiger charge is -2.34. The van der Waals surface area contributed by atoms with Crippen molar-refractivity contribution in [2.45, 2.75) is 32.2 Å². The highest BCUT2D eigenvalue weighted by Gasteiger charge is 2.19. The van der Waals surface area contributed by atoms with Crippen LogP contribution in [0.15, 0.2) is 0 Å². The highest BCUT2D eigenvalue weighted by Crippen LogP contribution is 2.18. The Bertz CT molecular complexity index is 106. The Kier molecular flexibility index (Phi) is 4.26. The van der Waals surface area contributed by atoms with Gasteiger partial charge in [0.05, 0.1) is 0 Å². The van der Waals surface area contributed by atoms with Gasteiger partial charge in [0.15, 0.2) is 0 Å². The molecule has 1 heterocycles. The summed E-state index contributed by atoms with van der Waals surface area (Å²) in [4.78, 5) is 2.54. The summed E-state index contributed by atoms with van der Waals surface area (Å²) in [7, 11) is 0. The third kappa shape index (κ3) is 2.65. The minimum Gasteiger partial charge on any atom is -0.300 e. The molecule has 1 unspecified atom stereocenters. The van der Waals surface area contributed by atoms with Gasteiger partial charge in [0.25, 0.3) is 0 Å². The second-order valence-corrected chi connectivity index (χ2v) is 3.78. The molecule has 11 heavy (non-hydrogen) atoms. The second-order valence-electron chi connectivity index (χ2n) is 3.11. The average Bonchev–Trinajstić information content (AvgIpc) is 2.06. The van der Waals surface area contributed by atoms with Gasteiger partial charge in [-0.2, -0.15) is 0 Å². The van der Waals surface area contributed by atoms with E-state index in [1.807, 2.05) is 0 Å². The van der Waals surface area contributed by atoms with Crippen molar-refractivity contribution in [1.82, 2.24) is 4.90 Å². The number of piperidine rings is 1. The largest absolute Gasteiger partial charge is 0.300 e. The van der Waals surface area contributed by atoms with Crippen molar-refractivity contribution in [3.63, 3.8) is 0 Å². The molecule has 1 atom stereocenters. The van der Waals surface area contributed by atoms with Crippen LogP contribution in [0, 0.1) is 0 Å². The zero-order chi connectivity index (χ0) is 8.10. The van der Waals surface area contributed by atoms with Gasteiger partial charge in [0, 0.05) is 11.8 Å². The summed E-state index contributed by atoms with van der Waals surface area (Å²) < 4.78 is 0. The van der Waals surface area contributed by atoms with Crippen molar-refractivity contribution < 1.29 is 0 Å². The lowest BCUT2D eigenvalue weighted by Crippen LogP contribution is -2.41. The highest BCUT2D eigenvalue weighted by atomic mass is 32.2. The summed E-state index contributed by atoms with van der Waals surface area (Å²) in [5, 5.41) is 5.47. The van der Waals surface area contributed by atoms with E-state index in [9.17, 15) is 0 Å². The molecule has 1 saturated heterocycles. The second kappa shape index (κ2) is 5.01. The first-order chi connectivity index (χ1) is 5.38. The molecule has 2 N–H and O–H groups in total. The normalized spacial score (nSPS) is 27.3. The van der Waals surface area contributed by atoms with Gasteiger partial charge in [-0.25, -0.2) is 0 Å². The number of nitrogens with two attached hydrogens (primary N) is 1. The van der Waals surface area contributed by atoms with E-state index in [2.05, 4.69) is 11.8 Å². The molecule has 3 heteroatoms. The Balaban J connectivity index is 2.31. The lowest BCUT2D eigenvalue weighted by atomic mass is 10.0. The van der Waals surface area contributed by atoms with Crippen molar-refractivity contribution in [3.05, 3.63) is 0 Å². The predicted molar refractivity (Wildman–Crippen MR) is 51.5 cm³/mol. The molecule has 1 rings (SSSR count). The molecule has 0 amide bonds. The fourth-order valence-electron chi connectivity index (χ4n) is 1.78. The molecule has 0 radical (unpaired) electrons. The Morgan fingerprint density at radius 2 is 2.36 bits per heavy atom. The molecule has 0 aromatic carbocycles. The third-order valence-electron chi connectivity index (χ3n) is 2.44. The smallest absolute Gasteiger partial charge is 0.0233 e. The van der Waals surface area contributed by atoms with E-state index in [1.54, 1.807) is 0 Å². The van der Waals surface area contributed by atoms with Crippen molar-refractivity contribution >= 4 is 11.9 Å². The molecule has 0 spiro atoms. The SMILES string of the molecule is CCN1CCCCC1CSN. The van der Waals surface area contributed by atoms with Crippen LogP contribution in [-0.2, 0) is 0 Å². The zero-order valence-corrected chi connectivity index (χ0v) is 8.07. The Morgan fingerprint density at radius 3 is 3.00 bits per heavy atom. The molecule has 1 aliphatic heterocycles. The maximum absolute atomic E-state index is 5.47. The molecule has 66 valence electrons. The van der Waals surface area contributed by atoms with Crippen LogP contribution in [0.5, 0.6) is 0 Å². The predicted octanol–water partition coefficient (Wildman–Crippen LogP) is 1.47. The van der Waals surface area contributed by atoms with E-state index in [0.717, 1.165) is 11.8 Å². The fraction of sp³-hybridized carbons (Fsp3) is 1.00. The van der Waals surface area contributed by atoms with Crippen LogP contribution in [0.1, 0.15) is 26.2 Å². The topological polar surface area (TPSA) is 29.3 Å². The van der Waals surface area contributed by atoms with Gasteiger partial charge in [-0.1, -0.05) is 25.3 Å². The van der Waals surface area contributed by atoms with Crippen molar-refractivity contribution in [2.24, 2.45) is 5.14 Å². The standard InChI is InChI=1S/C8H18N2S/c1-2-10-6-4-3-5-8(10)7-11-9/h8H,2-7,9H2,1H3. The summed E-state index contributed by atoms with van der Waals surface area (Å²) in [5.41, 5.74) is 0. The van der Waals surface area contributed by atoms with Crippen LogP contribution in [0.4, 0.5) is 0 Å². The number of nitrogens with zero attached hydrogens (tertiary/aromatic N) is 1. The summed E-state index contributed by atoms with van der Waals surface area (Å²) in [6, 6.07) is 0.753. The molecule has 0 bridgehead atoms. The lowest BCUT2D eigenvalue weighted by molar-refractivity contribution is 0.173. The third-order valence-corrected chi connectivity index (χ3v) is 3.02. The van der Waals surface area contributed by atoms with Crippen molar-refractivity contribution in [3.8, 4) is 0 Å². The van der Waals surface area contributed by atoms with Crippen LogP contribution in [-0.4, -0.2) is 29.8 Å². The maximum Gasteiger partial charge on any atom is 0.0233 e. The van der Waals surface area contributed by atoms with Gasteiger partial charge in [0.2, 0.25) is 0 Å². The number of rotatable bonds is 3. The zero-order valence-electron chi connectivity index (χ0n) is 7.25. The molecule has 0 aromatic heterocycles. The Morgan fingerprint density at radius 1 is 1.55 bits per heavy atom. The van der Waals surface area contributed by atoms with E-state index in [4.69, 9.17) is 5.14 Å². The van der Waals surface area contributed by atoms with E-state index in [1.165, 1.54) is 44.3 Å². The number of hydrogen-bond donors (Lipinski definition) is 1. The summed E-state index contributed by atoms with van der Waals surface area (Å²) in [5.74, 6) is 1.10. The average molecular weight is 174 g/mol. The van der Waals surface area contributed by atoms with Crippen molar-refractivity contribution in [1.29, 1.82) is 0 Å². The van der Waals surface area contributed by atoms with E-state index in [-0.39, 0.29) is 0 Å². The van der Waals surface area contributed by atoms with E-state index < -0.39 is 0 Å². The molecule has 1 fully saturated rings. The molecule has 0 aromatic rings. The van der Waals surface area contributed by atoms with Crippen LogP contribution in [0.2, 0.25) is 0 Å². The molecule has 1 aliphatic rings. The first kappa shape index (κ1) is 9.36. The van der Waals surface area contributed by atoms with Crippen LogP contribution >= 0.6 is 11.9 Å². The quantitative estimate of drug-likeness (QED) is 0.657. The van der Waals surface area contributed by atoms with Gasteiger partial charge in [0.1, 0.15) is 0 Å². The van der Waals surface area contributed by atoms with Crippen LogP contribution < -0.4 is 5.14 Å². The molecule has 0 saturated carbocycles.